The first-order chi connectivity index (χ1) is 8.40. The highest BCUT2D eigenvalue weighted by atomic mass is 16.5. The van der Waals surface area contributed by atoms with Crippen LogP contribution in [0.5, 0.6) is 5.88 Å². The van der Waals surface area contributed by atoms with E-state index in [1.54, 1.807) is 6.20 Å². The molecule has 90 valence electrons. The van der Waals surface area contributed by atoms with E-state index >= 15 is 0 Å². The van der Waals surface area contributed by atoms with Gasteiger partial charge in [-0.25, -0.2) is 9.97 Å². The van der Waals surface area contributed by atoms with Crippen molar-refractivity contribution in [2.45, 2.75) is 19.3 Å². The standard InChI is InChI=1S/C12H16N4O/c13-8-11-12(16-6-5-15-11)17-7-3-10-2-1-4-14-9-10/h5-6,10,14H,1-4,7,9H2. The van der Waals surface area contributed by atoms with E-state index < -0.39 is 0 Å². The van der Waals surface area contributed by atoms with Crippen LogP contribution in [0.4, 0.5) is 0 Å². The second-order valence-corrected chi connectivity index (χ2v) is 4.17. The topological polar surface area (TPSA) is 70.8 Å². The molecule has 1 saturated heterocycles. The summed E-state index contributed by atoms with van der Waals surface area (Å²) in [6, 6.07) is 1.97. The summed E-state index contributed by atoms with van der Waals surface area (Å²) >= 11 is 0. The minimum absolute atomic E-state index is 0.259. The molecule has 1 aromatic rings. The molecular weight excluding hydrogens is 216 g/mol. The minimum Gasteiger partial charge on any atom is -0.476 e. The van der Waals surface area contributed by atoms with E-state index in [0.717, 1.165) is 19.5 Å². The second kappa shape index (κ2) is 6.16. The molecule has 1 N–H and O–H groups in total. The molecule has 2 rings (SSSR count). The molecule has 1 aliphatic rings. The highest BCUT2D eigenvalue weighted by Crippen LogP contribution is 2.15. The molecule has 1 aromatic heterocycles. The van der Waals surface area contributed by atoms with Gasteiger partial charge in [0.15, 0.2) is 0 Å². The maximum Gasteiger partial charge on any atom is 0.251 e. The predicted molar refractivity (Wildman–Crippen MR) is 62.5 cm³/mol. The van der Waals surface area contributed by atoms with Crippen LogP contribution in [-0.2, 0) is 0 Å². The fourth-order valence-electron chi connectivity index (χ4n) is 2.00. The fourth-order valence-corrected chi connectivity index (χ4v) is 2.00. The van der Waals surface area contributed by atoms with Crippen molar-refractivity contribution in [1.29, 1.82) is 5.26 Å². The van der Waals surface area contributed by atoms with E-state index in [9.17, 15) is 0 Å². The molecule has 0 aromatic carbocycles. The Bertz CT molecular complexity index is 396. The molecule has 0 aliphatic carbocycles. The monoisotopic (exact) mass is 232 g/mol. The molecule has 5 heteroatoms. The van der Waals surface area contributed by atoms with E-state index in [1.165, 1.54) is 19.0 Å². The maximum absolute atomic E-state index is 8.82. The van der Waals surface area contributed by atoms with Gasteiger partial charge in [-0.2, -0.15) is 5.26 Å². The van der Waals surface area contributed by atoms with Crippen LogP contribution in [-0.4, -0.2) is 29.7 Å². The van der Waals surface area contributed by atoms with Gasteiger partial charge in [0.2, 0.25) is 5.69 Å². The average molecular weight is 232 g/mol. The molecule has 0 bridgehead atoms. The molecule has 1 atom stereocenters. The third-order valence-corrected chi connectivity index (χ3v) is 2.93. The summed E-state index contributed by atoms with van der Waals surface area (Å²) in [5, 5.41) is 12.2. The molecular formula is C12H16N4O. The van der Waals surface area contributed by atoms with Crippen molar-refractivity contribution >= 4 is 0 Å². The molecule has 0 radical (unpaired) electrons. The Balaban J connectivity index is 1.79. The minimum atomic E-state index is 0.259. The van der Waals surface area contributed by atoms with E-state index in [2.05, 4.69) is 15.3 Å². The molecule has 0 spiro atoms. The van der Waals surface area contributed by atoms with Crippen LogP contribution < -0.4 is 10.1 Å². The van der Waals surface area contributed by atoms with Crippen LogP contribution in [0, 0.1) is 17.2 Å². The average Bonchev–Trinajstić information content (AvgIpc) is 2.40. The summed E-state index contributed by atoms with van der Waals surface area (Å²) in [5.41, 5.74) is 0.259. The lowest BCUT2D eigenvalue weighted by Gasteiger charge is -2.22. The van der Waals surface area contributed by atoms with E-state index in [4.69, 9.17) is 10.00 Å². The van der Waals surface area contributed by atoms with Gasteiger partial charge in [0.25, 0.3) is 5.88 Å². The first-order valence-electron chi connectivity index (χ1n) is 5.95. The molecule has 17 heavy (non-hydrogen) atoms. The van der Waals surface area contributed by atoms with Crippen LogP contribution in [0.3, 0.4) is 0 Å². The normalized spacial score (nSPS) is 19.6. The number of ether oxygens (including phenoxy) is 1. The molecule has 1 unspecified atom stereocenters. The quantitative estimate of drug-likeness (QED) is 0.842. The van der Waals surface area contributed by atoms with Gasteiger partial charge in [0, 0.05) is 12.4 Å². The SMILES string of the molecule is N#Cc1nccnc1OCCC1CCCNC1. The van der Waals surface area contributed by atoms with E-state index in [1.807, 2.05) is 6.07 Å². The van der Waals surface area contributed by atoms with Crippen molar-refractivity contribution in [2.75, 3.05) is 19.7 Å². The van der Waals surface area contributed by atoms with Crippen molar-refractivity contribution in [1.82, 2.24) is 15.3 Å². The van der Waals surface area contributed by atoms with Gasteiger partial charge < -0.3 is 10.1 Å². The van der Waals surface area contributed by atoms with Gasteiger partial charge in [0.1, 0.15) is 6.07 Å². The number of nitrogens with one attached hydrogen (secondary N) is 1. The highest BCUT2D eigenvalue weighted by molar-refractivity contribution is 5.29. The van der Waals surface area contributed by atoms with Gasteiger partial charge in [-0.15, -0.1) is 0 Å². The zero-order chi connectivity index (χ0) is 11.9. The van der Waals surface area contributed by atoms with Gasteiger partial charge in [-0.1, -0.05) is 0 Å². The smallest absolute Gasteiger partial charge is 0.251 e. The molecule has 1 fully saturated rings. The first-order valence-corrected chi connectivity index (χ1v) is 5.95. The largest absolute Gasteiger partial charge is 0.476 e. The summed E-state index contributed by atoms with van der Waals surface area (Å²) in [6.45, 7) is 2.79. The number of hydrogen-bond acceptors (Lipinski definition) is 5. The van der Waals surface area contributed by atoms with Gasteiger partial charge in [-0.3, -0.25) is 0 Å². The number of rotatable bonds is 4. The number of aromatic nitrogens is 2. The van der Waals surface area contributed by atoms with Crippen LogP contribution in [0.2, 0.25) is 0 Å². The van der Waals surface area contributed by atoms with Crippen molar-refractivity contribution in [2.24, 2.45) is 5.92 Å². The molecule has 0 amide bonds. The van der Waals surface area contributed by atoms with Crippen LogP contribution in [0.1, 0.15) is 25.0 Å². The number of nitrogens with zero attached hydrogens (tertiary/aromatic N) is 3. The van der Waals surface area contributed by atoms with Gasteiger partial charge in [-0.05, 0) is 38.3 Å². The summed E-state index contributed by atoms with van der Waals surface area (Å²) in [7, 11) is 0. The Kier molecular flexibility index (Phi) is 4.28. The zero-order valence-corrected chi connectivity index (χ0v) is 9.72. The predicted octanol–water partition coefficient (Wildman–Crippen LogP) is 1.12. The van der Waals surface area contributed by atoms with Crippen LogP contribution in [0.15, 0.2) is 12.4 Å². The van der Waals surface area contributed by atoms with Crippen LogP contribution in [0.25, 0.3) is 0 Å². The fraction of sp³-hybridized carbons (Fsp3) is 0.583. The number of piperidine rings is 1. The Labute approximate surface area is 101 Å². The van der Waals surface area contributed by atoms with Gasteiger partial charge >= 0.3 is 0 Å². The summed E-state index contributed by atoms with van der Waals surface area (Å²) in [4.78, 5) is 7.91. The van der Waals surface area contributed by atoms with Crippen LogP contribution >= 0.6 is 0 Å². The summed E-state index contributed by atoms with van der Waals surface area (Å²) in [6.07, 6.45) is 6.52. The molecule has 0 saturated carbocycles. The third-order valence-electron chi connectivity index (χ3n) is 2.93. The Hall–Kier alpha value is -1.67. The molecule has 1 aliphatic heterocycles. The van der Waals surface area contributed by atoms with Crippen molar-refractivity contribution in [3.8, 4) is 11.9 Å². The number of nitriles is 1. The Morgan fingerprint density at radius 2 is 2.35 bits per heavy atom. The summed E-state index contributed by atoms with van der Waals surface area (Å²) in [5.74, 6) is 1.02. The van der Waals surface area contributed by atoms with Crippen molar-refractivity contribution in [3.05, 3.63) is 18.1 Å². The maximum atomic E-state index is 8.82. The second-order valence-electron chi connectivity index (χ2n) is 4.17. The Morgan fingerprint density at radius 1 is 1.47 bits per heavy atom. The highest BCUT2D eigenvalue weighted by Gasteiger charge is 2.13. The lowest BCUT2D eigenvalue weighted by molar-refractivity contribution is 0.246. The van der Waals surface area contributed by atoms with Crippen molar-refractivity contribution in [3.63, 3.8) is 0 Å². The lowest BCUT2D eigenvalue weighted by atomic mass is 9.97. The van der Waals surface area contributed by atoms with E-state index in [0.29, 0.717) is 18.4 Å². The first kappa shape index (κ1) is 11.8. The number of hydrogen-bond donors (Lipinski definition) is 1. The zero-order valence-electron chi connectivity index (χ0n) is 9.72. The molecule has 5 nitrogen and oxygen atoms in total. The van der Waals surface area contributed by atoms with Crippen molar-refractivity contribution < 1.29 is 4.74 Å². The van der Waals surface area contributed by atoms with E-state index in [-0.39, 0.29) is 5.69 Å². The summed E-state index contributed by atoms with van der Waals surface area (Å²) < 4.78 is 5.51. The third kappa shape index (κ3) is 3.40. The Morgan fingerprint density at radius 3 is 3.12 bits per heavy atom. The van der Waals surface area contributed by atoms with Gasteiger partial charge in [0.05, 0.1) is 6.61 Å². The molecule has 2 heterocycles. The lowest BCUT2D eigenvalue weighted by Crippen LogP contribution is -2.30.